The molecule has 0 amide bonds. The van der Waals surface area contributed by atoms with E-state index in [-0.39, 0.29) is 0 Å². The Bertz CT molecular complexity index is 327. The van der Waals surface area contributed by atoms with Crippen LogP contribution in [0.4, 0.5) is 0 Å². The summed E-state index contributed by atoms with van der Waals surface area (Å²) >= 11 is 2.38. The van der Waals surface area contributed by atoms with Gasteiger partial charge in [0.25, 0.3) is 0 Å². The maximum atomic E-state index is 3.31. The maximum Gasteiger partial charge on any atom is 0.0516 e. The van der Waals surface area contributed by atoms with E-state index in [0.29, 0.717) is 6.04 Å². The highest BCUT2D eigenvalue weighted by Gasteiger charge is 2.08. The second kappa shape index (κ2) is 5.51. The van der Waals surface area contributed by atoms with Crippen LogP contribution >= 0.6 is 22.6 Å². The van der Waals surface area contributed by atoms with Crippen molar-refractivity contribution in [3.8, 4) is 0 Å². The number of rotatable bonds is 3. The lowest BCUT2D eigenvalue weighted by molar-refractivity contribution is 0.706. The van der Waals surface area contributed by atoms with Crippen molar-refractivity contribution < 1.29 is 0 Å². The molecule has 0 bridgehead atoms. The van der Waals surface area contributed by atoms with Crippen LogP contribution in [0.5, 0.6) is 0 Å². The summed E-state index contributed by atoms with van der Waals surface area (Å²) in [5, 5.41) is 3.31. The first-order valence-electron chi connectivity index (χ1n) is 4.72. The van der Waals surface area contributed by atoms with E-state index in [1.54, 1.807) is 0 Å². The van der Waals surface area contributed by atoms with Gasteiger partial charge in [0, 0.05) is 3.57 Å². The summed E-state index contributed by atoms with van der Waals surface area (Å²) in [4.78, 5) is 0. The van der Waals surface area contributed by atoms with Gasteiger partial charge in [0.05, 0.1) is 6.04 Å². The molecule has 0 fully saturated rings. The maximum absolute atomic E-state index is 3.31. The lowest BCUT2D eigenvalue weighted by Crippen LogP contribution is -2.15. The van der Waals surface area contributed by atoms with Crippen molar-refractivity contribution in [1.29, 1.82) is 0 Å². The largest absolute Gasteiger partial charge is 0.310 e. The van der Waals surface area contributed by atoms with Crippen LogP contribution in [0.2, 0.25) is 0 Å². The molecule has 1 aromatic rings. The highest BCUT2D eigenvalue weighted by molar-refractivity contribution is 14.1. The van der Waals surface area contributed by atoms with Crippen LogP contribution in [0.25, 0.3) is 0 Å². The van der Waals surface area contributed by atoms with Crippen molar-refractivity contribution in [3.63, 3.8) is 0 Å². The third-order valence-corrected chi connectivity index (χ3v) is 3.03. The van der Waals surface area contributed by atoms with Crippen LogP contribution < -0.4 is 5.32 Å². The Morgan fingerprint density at radius 3 is 2.50 bits per heavy atom. The molecule has 1 aromatic carbocycles. The monoisotopic (exact) mass is 301 g/mol. The molecule has 14 heavy (non-hydrogen) atoms. The topological polar surface area (TPSA) is 12.0 Å². The van der Waals surface area contributed by atoms with E-state index in [4.69, 9.17) is 0 Å². The summed E-state index contributed by atoms with van der Waals surface area (Å²) in [6.45, 7) is 4.25. The molecule has 76 valence electrons. The van der Waals surface area contributed by atoms with E-state index in [9.17, 15) is 0 Å². The summed E-state index contributed by atoms with van der Waals surface area (Å²) in [5.74, 6) is 0. The van der Waals surface area contributed by atoms with Gasteiger partial charge in [0.2, 0.25) is 0 Å². The van der Waals surface area contributed by atoms with E-state index < -0.39 is 0 Å². The van der Waals surface area contributed by atoms with E-state index >= 15 is 0 Å². The fourth-order valence-corrected chi connectivity index (χ4v) is 2.11. The molecule has 2 heteroatoms. The molecule has 0 saturated carbocycles. The summed E-state index contributed by atoms with van der Waals surface area (Å²) in [6, 6.07) is 8.79. The molecule has 0 aliphatic carbocycles. The summed E-state index contributed by atoms with van der Waals surface area (Å²) in [7, 11) is 1.99. The van der Waals surface area contributed by atoms with Crippen LogP contribution in [-0.2, 0) is 0 Å². The smallest absolute Gasteiger partial charge is 0.0516 e. The van der Waals surface area contributed by atoms with Crippen molar-refractivity contribution in [1.82, 2.24) is 5.32 Å². The lowest BCUT2D eigenvalue weighted by Gasteiger charge is -2.14. The molecule has 0 aliphatic rings. The zero-order valence-electron chi connectivity index (χ0n) is 8.84. The van der Waals surface area contributed by atoms with Crippen LogP contribution in [0, 0.1) is 3.57 Å². The van der Waals surface area contributed by atoms with Crippen molar-refractivity contribution in [2.24, 2.45) is 0 Å². The third-order valence-electron chi connectivity index (χ3n) is 2.05. The van der Waals surface area contributed by atoms with Gasteiger partial charge >= 0.3 is 0 Å². The SMILES string of the molecule is CNC(C=C(C)C)c1ccccc1I. The number of hydrogen-bond acceptors (Lipinski definition) is 1. The van der Waals surface area contributed by atoms with Gasteiger partial charge in [-0.05, 0) is 55.1 Å². The lowest BCUT2D eigenvalue weighted by atomic mass is 10.1. The summed E-state index contributed by atoms with van der Waals surface area (Å²) in [6.07, 6.45) is 2.25. The average Bonchev–Trinajstić information content (AvgIpc) is 2.15. The fourth-order valence-electron chi connectivity index (χ4n) is 1.39. The van der Waals surface area contributed by atoms with Gasteiger partial charge in [-0.3, -0.25) is 0 Å². The Morgan fingerprint density at radius 1 is 1.36 bits per heavy atom. The van der Waals surface area contributed by atoms with Gasteiger partial charge in [-0.15, -0.1) is 0 Å². The predicted octanol–water partition coefficient (Wildman–Crippen LogP) is 3.52. The van der Waals surface area contributed by atoms with Gasteiger partial charge in [-0.2, -0.15) is 0 Å². The molecule has 0 heterocycles. The minimum atomic E-state index is 0.327. The van der Waals surface area contributed by atoms with Crippen molar-refractivity contribution in [3.05, 3.63) is 45.0 Å². The van der Waals surface area contributed by atoms with Gasteiger partial charge < -0.3 is 5.32 Å². The minimum Gasteiger partial charge on any atom is -0.310 e. The van der Waals surface area contributed by atoms with Crippen molar-refractivity contribution >= 4 is 22.6 Å². The Hall–Kier alpha value is -0.350. The first-order valence-corrected chi connectivity index (χ1v) is 5.79. The fraction of sp³-hybridized carbons (Fsp3) is 0.333. The van der Waals surface area contributed by atoms with E-state index in [0.717, 1.165) is 0 Å². The second-order valence-electron chi connectivity index (χ2n) is 3.53. The van der Waals surface area contributed by atoms with Gasteiger partial charge in [-0.25, -0.2) is 0 Å². The van der Waals surface area contributed by atoms with Crippen LogP contribution in [0.15, 0.2) is 35.9 Å². The zero-order valence-corrected chi connectivity index (χ0v) is 11.0. The summed E-state index contributed by atoms with van der Waals surface area (Å²) < 4.78 is 1.31. The van der Waals surface area contributed by atoms with Crippen LogP contribution in [0.3, 0.4) is 0 Å². The number of halogens is 1. The molecular formula is C12H16IN. The van der Waals surface area contributed by atoms with E-state index in [1.807, 2.05) is 7.05 Å². The first-order chi connectivity index (χ1) is 6.65. The number of allylic oxidation sites excluding steroid dienone is 1. The second-order valence-corrected chi connectivity index (χ2v) is 4.69. The third kappa shape index (κ3) is 3.10. The molecule has 1 unspecified atom stereocenters. The van der Waals surface area contributed by atoms with Crippen molar-refractivity contribution in [2.75, 3.05) is 7.05 Å². The highest BCUT2D eigenvalue weighted by atomic mass is 127. The Labute approximate surface area is 99.7 Å². The van der Waals surface area contributed by atoms with Gasteiger partial charge in [0.15, 0.2) is 0 Å². The highest BCUT2D eigenvalue weighted by Crippen LogP contribution is 2.21. The van der Waals surface area contributed by atoms with E-state index in [1.165, 1.54) is 14.7 Å². The molecule has 0 aromatic heterocycles. The predicted molar refractivity (Wildman–Crippen MR) is 70.4 cm³/mol. The zero-order chi connectivity index (χ0) is 10.6. The number of likely N-dealkylation sites (N-methyl/N-ethyl adjacent to an activating group) is 1. The molecule has 0 spiro atoms. The molecule has 1 atom stereocenters. The Balaban J connectivity index is 3.01. The molecule has 1 N–H and O–H groups in total. The molecule has 1 rings (SSSR count). The van der Waals surface area contributed by atoms with E-state index in [2.05, 4.69) is 72.1 Å². The summed E-state index contributed by atoms with van der Waals surface area (Å²) in [5.41, 5.74) is 2.68. The van der Waals surface area contributed by atoms with Crippen LogP contribution in [0.1, 0.15) is 25.5 Å². The molecule has 1 nitrogen and oxygen atoms in total. The molecule has 0 saturated heterocycles. The molecule has 0 aliphatic heterocycles. The average molecular weight is 301 g/mol. The van der Waals surface area contributed by atoms with Crippen LogP contribution in [-0.4, -0.2) is 7.05 Å². The Kier molecular flexibility index (Phi) is 4.62. The van der Waals surface area contributed by atoms with Gasteiger partial charge in [0.1, 0.15) is 0 Å². The number of hydrogen-bond donors (Lipinski definition) is 1. The normalized spacial score (nSPS) is 12.3. The Morgan fingerprint density at radius 2 is 2.00 bits per heavy atom. The number of nitrogens with one attached hydrogen (secondary N) is 1. The van der Waals surface area contributed by atoms with Gasteiger partial charge in [-0.1, -0.05) is 29.8 Å². The number of benzene rings is 1. The minimum absolute atomic E-state index is 0.327. The standard InChI is InChI=1S/C12H16IN/c1-9(2)8-12(14-3)10-6-4-5-7-11(10)13/h4-8,12,14H,1-3H3. The first kappa shape index (κ1) is 11.7. The molecule has 0 radical (unpaired) electrons. The molecular weight excluding hydrogens is 285 g/mol. The van der Waals surface area contributed by atoms with Crippen molar-refractivity contribution in [2.45, 2.75) is 19.9 Å². The quantitative estimate of drug-likeness (QED) is 0.665.